The summed E-state index contributed by atoms with van der Waals surface area (Å²) in [6.45, 7) is 2.00. The molecule has 2 rings (SSSR count). The number of primary amides is 1. The van der Waals surface area contributed by atoms with E-state index in [1.54, 1.807) is 24.3 Å². The van der Waals surface area contributed by atoms with Gasteiger partial charge in [0.15, 0.2) is 0 Å². The summed E-state index contributed by atoms with van der Waals surface area (Å²) in [6, 6.07) is 14.3. The summed E-state index contributed by atoms with van der Waals surface area (Å²) in [7, 11) is 0. The number of carbonyl (C=O) groups is 1. The summed E-state index contributed by atoms with van der Waals surface area (Å²) in [4.78, 5) is 11.6. The molecule has 0 radical (unpaired) electrons. The molecule has 0 spiro atoms. The number of aromatic hydroxyl groups is 1. The van der Waals surface area contributed by atoms with Crippen LogP contribution >= 0.6 is 0 Å². The summed E-state index contributed by atoms with van der Waals surface area (Å²) in [5, 5.41) is 9.47. The number of phenols is 1. The maximum atomic E-state index is 11.6. The molecule has 0 aliphatic heterocycles. The van der Waals surface area contributed by atoms with Crippen molar-refractivity contribution in [3.05, 3.63) is 65.2 Å². The predicted molar refractivity (Wildman–Crippen MR) is 76.4 cm³/mol. The van der Waals surface area contributed by atoms with Crippen LogP contribution in [0.15, 0.2) is 48.5 Å². The third-order valence-electron chi connectivity index (χ3n) is 2.81. The number of hydrogen-bond donors (Lipinski definition) is 2. The number of benzene rings is 2. The van der Waals surface area contributed by atoms with Crippen LogP contribution in [0.25, 0.3) is 11.6 Å². The van der Waals surface area contributed by atoms with E-state index in [4.69, 9.17) is 5.73 Å². The molecule has 0 saturated heterocycles. The van der Waals surface area contributed by atoms with Crippen LogP contribution in [-0.4, -0.2) is 11.0 Å². The van der Waals surface area contributed by atoms with Crippen molar-refractivity contribution < 1.29 is 9.90 Å². The minimum absolute atomic E-state index is 0.105. The number of phenolic OH excluding ortho intramolecular Hbond substituents is 1. The van der Waals surface area contributed by atoms with Gasteiger partial charge in [0, 0.05) is 5.57 Å². The summed E-state index contributed by atoms with van der Waals surface area (Å²) in [6.07, 6.45) is 1.72. The average Bonchev–Trinajstić information content (AvgIpc) is 2.37. The molecule has 96 valence electrons. The Kier molecular flexibility index (Phi) is 3.66. The number of carbonyl (C=O) groups excluding carboxylic acids is 1. The molecule has 0 atom stereocenters. The molecule has 0 saturated carbocycles. The Morgan fingerprint density at radius 2 is 1.84 bits per heavy atom. The first-order valence-electron chi connectivity index (χ1n) is 5.94. The van der Waals surface area contributed by atoms with Crippen molar-refractivity contribution in [2.45, 2.75) is 6.92 Å². The van der Waals surface area contributed by atoms with E-state index in [1.165, 1.54) is 6.07 Å². The van der Waals surface area contributed by atoms with Crippen molar-refractivity contribution in [1.29, 1.82) is 0 Å². The number of hydrogen-bond acceptors (Lipinski definition) is 2. The molecule has 0 aromatic heterocycles. The molecular weight excluding hydrogens is 238 g/mol. The zero-order valence-corrected chi connectivity index (χ0v) is 10.6. The van der Waals surface area contributed by atoms with E-state index >= 15 is 0 Å². The van der Waals surface area contributed by atoms with Gasteiger partial charge in [-0.1, -0.05) is 42.0 Å². The average molecular weight is 253 g/mol. The maximum absolute atomic E-state index is 11.6. The van der Waals surface area contributed by atoms with Crippen LogP contribution in [0.2, 0.25) is 0 Å². The highest BCUT2D eigenvalue weighted by atomic mass is 16.3. The first-order valence-corrected chi connectivity index (χ1v) is 5.94. The zero-order chi connectivity index (χ0) is 13.8. The van der Waals surface area contributed by atoms with E-state index in [2.05, 4.69) is 0 Å². The van der Waals surface area contributed by atoms with Crippen LogP contribution in [0.5, 0.6) is 5.75 Å². The first kappa shape index (κ1) is 12.9. The van der Waals surface area contributed by atoms with Crippen molar-refractivity contribution >= 4 is 17.6 Å². The second-order valence-corrected chi connectivity index (χ2v) is 4.38. The first-order chi connectivity index (χ1) is 9.06. The van der Waals surface area contributed by atoms with Gasteiger partial charge in [0.25, 0.3) is 0 Å². The minimum atomic E-state index is -0.522. The lowest BCUT2D eigenvalue weighted by atomic mass is 10.0. The van der Waals surface area contributed by atoms with Gasteiger partial charge in [0.05, 0.1) is 0 Å². The van der Waals surface area contributed by atoms with Gasteiger partial charge in [-0.15, -0.1) is 0 Å². The highest BCUT2D eigenvalue weighted by Gasteiger charge is 2.08. The minimum Gasteiger partial charge on any atom is -0.508 e. The van der Waals surface area contributed by atoms with Crippen LogP contribution < -0.4 is 5.73 Å². The summed E-state index contributed by atoms with van der Waals surface area (Å²) in [5.74, 6) is -0.417. The fourth-order valence-corrected chi connectivity index (χ4v) is 1.80. The van der Waals surface area contributed by atoms with Crippen molar-refractivity contribution in [1.82, 2.24) is 0 Å². The van der Waals surface area contributed by atoms with Crippen molar-refractivity contribution in [2.24, 2.45) is 5.73 Å². The molecule has 3 heteroatoms. The molecule has 0 fully saturated rings. The van der Waals surface area contributed by atoms with Gasteiger partial charge in [-0.25, -0.2) is 0 Å². The Hall–Kier alpha value is -2.55. The van der Waals surface area contributed by atoms with Gasteiger partial charge >= 0.3 is 0 Å². The lowest BCUT2D eigenvalue weighted by Gasteiger charge is -2.05. The van der Waals surface area contributed by atoms with E-state index in [1.807, 2.05) is 31.2 Å². The van der Waals surface area contributed by atoms with Crippen LogP contribution in [0, 0.1) is 6.92 Å². The van der Waals surface area contributed by atoms with Crippen LogP contribution in [-0.2, 0) is 4.79 Å². The standard InChI is InChI=1S/C16H15NO2/c1-11-5-7-12(8-6-11)9-15(16(17)19)13-3-2-4-14(18)10-13/h2-10,18H,1H3,(H2,17,19)/b15-9+. The van der Waals surface area contributed by atoms with E-state index in [-0.39, 0.29) is 5.75 Å². The lowest BCUT2D eigenvalue weighted by molar-refractivity contribution is -0.112. The molecule has 2 aromatic carbocycles. The highest BCUT2D eigenvalue weighted by Crippen LogP contribution is 2.21. The SMILES string of the molecule is Cc1ccc(/C=C(/C(N)=O)c2cccc(O)c2)cc1. The Morgan fingerprint density at radius 1 is 1.16 bits per heavy atom. The number of nitrogens with two attached hydrogens (primary N) is 1. The molecular formula is C16H15NO2. The largest absolute Gasteiger partial charge is 0.508 e. The summed E-state index contributed by atoms with van der Waals surface area (Å²) < 4.78 is 0. The van der Waals surface area contributed by atoms with Crippen LogP contribution in [0.1, 0.15) is 16.7 Å². The Morgan fingerprint density at radius 3 is 2.42 bits per heavy atom. The molecule has 0 aliphatic rings. The number of rotatable bonds is 3. The fraction of sp³-hybridized carbons (Fsp3) is 0.0625. The second kappa shape index (κ2) is 5.40. The third-order valence-corrected chi connectivity index (χ3v) is 2.81. The van der Waals surface area contributed by atoms with Crippen LogP contribution in [0.4, 0.5) is 0 Å². The van der Waals surface area contributed by atoms with E-state index in [0.717, 1.165) is 11.1 Å². The van der Waals surface area contributed by atoms with E-state index in [9.17, 15) is 9.90 Å². The van der Waals surface area contributed by atoms with Crippen molar-refractivity contribution in [3.8, 4) is 5.75 Å². The topological polar surface area (TPSA) is 63.3 Å². The molecule has 19 heavy (non-hydrogen) atoms. The van der Waals surface area contributed by atoms with Crippen molar-refractivity contribution in [2.75, 3.05) is 0 Å². The third kappa shape index (κ3) is 3.22. The van der Waals surface area contributed by atoms with Gasteiger partial charge in [0.1, 0.15) is 5.75 Å². The fourth-order valence-electron chi connectivity index (χ4n) is 1.80. The molecule has 3 N–H and O–H groups in total. The quantitative estimate of drug-likeness (QED) is 0.652. The molecule has 0 aliphatic carbocycles. The van der Waals surface area contributed by atoms with Gasteiger partial charge in [0.2, 0.25) is 5.91 Å². The predicted octanol–water partition coefficient (Wildman–Crippen LogP) is 2.73. The van der Waals surface area contributed by atoms with E-state index in [0.29, 0.717) is 11.1 Å². The molecule has 2 aromatic rings. The molecule has 0 unspecified atom stereocenters. The number of aryl methyl sites for hydroxylation is 1. The van der Waals surface area contributed by atoms with Gasteiger partial charge < -0.3 is 10.8 Å². The monoisotopic (exact) mass is 253 g/mol. The molecule has 1 amide bonds. The Bertz CT molecular complexity index is 627. The van der Waals surface area contributed by atoms with Crippen LogP contribution in [0.3, 0.4) is 0 Å². The lowest BCUT2D eigenvalue weighted by Crippen LogP contribution is -2.12. The van der Waals surface area contributed by atoms with Gasteiger partial charge in [-0.05, 0) is 36.3 Å². The number of amides is 1. The van der Waals surface area contributed by atoms with Gasteiger partial charge in [-0.3, -0.25) is 4.79 Å². The van der Waals surface area contributed by atoms with Crippen molar-refractivity contribution in [3.63, 3.8) is 0 Å². The highest BCUT2D eigenvalue weighted by molar-refractivity contribution is 6.23. The van der Waals surface area contributed by atoms with Gasteiger partial charge in [-0.2, -0.15) is 0 Å². The smallest absolute Gasteiger partial charge is 0.249 e. The maximum Gasteiger partial charge on any atom is 0.249 e. The molecule has 0 bridgehead atoms. The Labute approximate surface area is 112 Å². The van der Waals surface area contributed by atoms with E-state index < -0.39 is 5.91 Å². The summed E-state index contributed by atoms with van der Waals surface area (Å²) >= 11 is 0. The summed E-state index contributed by atoms with van der Waals surface area (Å²) in [5.41, 5.74) is 8.43. The normalized spacial score (nSPS) is 11.3. The molecule has 0 heterocycles. The Balaban J connectivity index is 2.46. The zero-order valence-electron chi connectivity index (χ0n) is 10.6. The second-order valence-electron chi connectivity index (χ2n) is 4.38. The molecule has 3 nitrogen and oxygen atoms in total.